The van der Waals surface area contributed by atoms with Crippen molar-refractivity contribution in [2.24, 2.45) is 53.3 Å². The largest absolute Gasteiger partial charge is 0.356 e. The zero-order valence-corrected chi connectivity index (χ0v) is 71.5. The number of fused-ring (bicyclic) bond motifs is 12. The van der Waals surface area contributed by atoms with E-state index in [4.69, 9.17) is 0 Å². The molecule has 12 fully saturated rings. The van der Waals surface area contributed by atoms with Crippen LogP contribution in [0.15, 0.2) is 206 Å². The number of anilines is 17. The first-order chi connectivity index (χ1) is 58.4. The second-order valence-corrected chi connectivity index (χ2v) is 42.5. The lowest BCUT2D eigenvalue weighted by molar-refractivity contribution is -0.00526. The molecule has 0 atom stereocenters. The first-order valence-electron chi connectivity index (χ1n) is 46.6. The third kappa shape index (κ3) is 9.73. The summed E-state index contributed by atoms with van der Waals surface area (Å²) >= 11 is 0. The Morgan fingerprint density at radius 3 is 0.883 bits per heavy atom. The first-order valence-corrected chi connectivity index (χ1v) is 46.6. The fraction of sp³-hybridized carbons (Fsp3) is 0.351. The van der Waals surface area contributed by atoms with Crippen LogP contribution in [0.4, 0.5) is 96.7 Å². The molecule has 0 saturated heterocycles. The summed E-state index contributed by atoms with van der Waals surface area (Å²) in [5.41, 5.74) is 51.7. The van der Waals surface area contributed by atoms with Crippen molar-refractivity contribution in [2.45, 2.75) is 194 Å². The normalized spacial score (nSPS) is 27.2. The first kappa shape index (κ1) is 70.3. The number of hydrogen-bond acceptors (Lipinski definition) is 6. The summed E-state index contributed by atoms with van der Waals surface area (Å²) in [6, 6.07) is 85.4. The van der Waals surface area contributed by atoms with Crippen LogP contribution in [0, 0.1) is 116 Å². The van der Waals surface area contributed by atoms with E-state index in [9.17, 15) is 0 Å². The molecule has 12 aromatic rings. The van der Waals surface area contributed by atoms with Crippen LogP contribution in [0.5, 0.6) is 0 Å². The number of rotatable bonds is 8. The van der Waals surface area contributed by atoms with Gasteiger partial charge < -0.3 is 29.8 Å². The van der Waals surface area contributed by atoms with Gasteiger partial charge in [-0.1, -0.05) is 138 Å². The van der Waals surface area contributed by atoms with E-state index < -0.39 is 0 Å². The Morgan fingerprint density at radius 2 is 0.525 bits per heavy atom. The Balaban J connectivity index is 0.776. The van der Waals surface area contributed by atoms with Crippen LogP contribution in [0.3, 0.4) is 0 Å². The average molecular weight is 1560 g/mol. The Bertz CT molecular complexity index is 6350. The highest BCUT2D eigenvalue weighted by atomic mass is 15.2. The van der Waals surface area contributed by atoms with Gasteiger partial charge in [0.1, 0.15) is 0 Å². The van der Waals surface area contributed by atoms with Crippen molar-refractivity contribution < 1.29 is 0 Å². The molecular weight excluding hydrogens is 1450 g/mol. The molecule has 590 valence electrons. The summed E-state index contributed by atoms with van der Waals surface area (Å²) in [5.74, 6) is 7.16. The van der Waals surface area contributed by atoms with Gasteiger partial charge >= 0.3 is 0 Å². The van der Waals surface area contributed by atoms with Gasteiger partial charge in [0.05, 0.1) is 17.1 Å². The zero-order chi connectivity index (χ0) is 79.7. The second-order valence-electron chi connectivity index (χ2n) is 42.5. The van der Waals surface area contributed by atoms with E-state index in [-0.39, 0.29) is 36.4 Å². The molecule has 12 aliphatic carbocycles. The van der Waals surface area contributed by atoms with Crippen molar-refractivity contribution in [2.75, 3.05) is 29.8 Å². The Morgan fingerprint density at radius 1 is 0.242 bits per heavy atom. The summed E-state index contributed by atoms with van der Waals surface area (Å²) in [6.07, 6.45) is 24.4. The number of benzene rings is 12. The second kappa shape index (κ2) is 24.7. The molecule has 9 heteroatoms. The van der Waals surface area contributed by atoms with Crippen LogP contribution < -0.4 is 79.0 Å². The molecular formula is C111H107B3N6. The smallest absolute Gasteiger partial charge is 0.252 e. The van der Waals surface area contributed by atoms with Crippen molar-refractivity contribution in [3.05, 3.63) is 273 Å². The molecule has 120 heavy (non-hydrogen) atoms. The number of aryl methyl sites for hydroxylation is 9. The van der Waals surface area contributed by atoms with Gasteiger partial charge in [-0.15, -0.1) is 0 Å². The van der Waals surface area contributed by atoms with Gasteiger partial charge in [0, 0.05) is 79.6 Å². The molecule has 0 aromatic heterocycles. The predicted molar refractivity (Wildman–Crippen MR) is 506 cm³/mol. The molecule has 1 N–H and O–H groups in total. The predicted octanol–water partition coefficient (Wildman–Crippen LogP) is 22.4. The standard InChI is InChI=1S/C111H107B3N6/c1-62-28-65(4)106(66(5)29-62)118-95-51-91-87(112-85-24-16-18-26-93(85)116(83-20-12-10-13-21-83)98-44-80(43-92(115-91)103(98)112)109-53-71-34-72(54-109)36-73(35-71)55-109)49-88(95)114-90-50-89-96(52-97(90)120(108-69(8)32-64(3)33-70(108)9)102-48-82(47-101(118)105(102)114)111-59-77-40-78(60-111)42-79(41-77)61-111)119(107-67(6)30-63(2)31-68(107)7)100-46-81(110-56-74-37-75(57-110)39-76(38-74)58-110)45-99-104(100)113(89)86-25-17-19-27-94(86)117(99)84-22-14-11-15-23-84/h10-33,43-52,71-79,115H,34-42,53-61H2,1-9H3. The Hall–Kier alpha value is -10.4. The number of nitrogens with zero attached hydrogens (tertiary/aromatic N) is 5. The molecule has 0 unspecified atom stereocenters. The molecule has 18 aliphatic rings. The summed E-state index contributed by atoms with van der Waals surface area (Å²) in [4.78, 5) is 14.1. The van der Waals surface area contributed by atoms with E-state index >= 15 is 0 Å². The van der Waals surface area contributed by atoms with Crippen molar-refractivity contribution in [1.29, 1.82) is 0 Å². The van der Waals surface area contributed by atoms with Crippen LogP contribution in [0.25, 0.3) is 0 Å². The Kier molecular flexibility index (Phi) is 14.5. The quantitative estimate of drug-likeness (QED) is 0.153. The van der Waals surface area contributed by atoms with Crippen molar-refractivity contribution >= 4 is 166 Å². The van der Waals surface area contributed by atoms with Crippen LogP contribution >= 0.6 is 0 Å². The maximum absolute atomic E-state index is 4.56. The summed E-state index contributed by atoms with van der Waals surface area (Å²) in [7, 11) is 0. The summed E-state index contributed by atoms with van der Waals surface area (Å²) < 4.78 is 0. The highest BCUT2D eigenvalue weighted by Gasteiger charge is 2.59. The molecule has 6 nitrogen and oxygen atoms in total. The number of nitrogens with one attached hydrogen (secondary N) is 1. The van der Waals surface area contributed by atoms with Gasteiger partial charge in [0.15, 0.2) is 0 Å². The average Bonchev–Trinajstić information content (AvgIpc) is 0.671. The third-order valence-corrected chi connectivity index (χ3v) is 34.6. The molecule has 12 saturated carbocycles. The minimum atomic E-state index is -0.181. The summed E-state index contributed by atoms with van der Waals surface area (Å²) in [6.45, 7) is 21.3. The van der Waals surface area contributed by atoms with Crippen LogP contribution in [0.2, 0.25) is 0 Å². The van der Waals surface area contributed by atoms with Crippen LogP contribution in [-0.4, -0.2) is 20.1 Å². The lowest BCUT2D eigenvalue weighted by Gasteiger charge is -2.58. The Labute approximate surface area is 711 Å². The van der Waals surface area contributed by atoms with Gasteiger partial charge in [-0.2, -0.15) is 0 Å². The van der Waals surface area contributed by atoms with Gasteiger partial charge in [-0.05, 0) is 432 Å². The maximum atomic E-state index is 4.56. The lowest BCUT2D eigenvalue weighted by atomic mass is 9.29. The van der Waals surface area contributed by atoms with E-state index in [0.29, 0.717) is 0 Å². The van der Waals surface area contributed by atoms with Gasteiger partial charge in [0.25, 0.3) is 20.1 Å². The molecule has 12 aromatic carbocycles. The zero-order valence-electron chi connectivity index (χ0n) is 71.5. The monoisotopic (exact) mass is 1560 g/mol. The van der Waals surface area contributed by atoms with Crippen molar-refractivity contribution in [3.8, 4) is 0 Å². The van der Waals surface area contributed by atoms with Crippen LogP contribution in [0.1, 0.15) is 182 Å². The van der Waals surface area contributed by atoms with E-state index in [2.05, 4.69) is 298 Å². The topological polar surface area (TPSA) is 28.2 Å². The maximum Gasteiger partial charge on any atom is 0.252 e. The molecule has 0 radical (unpaired) electrons. The minimum Gasteiger partial charge on any atom is -0.356 e. The minimum absolute atomic E-state index is 0.0474. The fourth-order valence-corrected chi connectivity index (χ4v) is 32.1. The number of para-hydroxylation sites is 4. The molecule has 6 heterocycles. The SMILES string of the molecule is Cc1cc(C)c(N2c3cc4c(cc3B3c5ccccc5N(c5ccccc5)c5cc(C67CC8CC(CC(C8)C6)C7)cc2c53)B2c3cc5c(cc3N(c3c(C)cc(C)cc3C)c3cc(C67CC8CC(CC(C8)C6)C7)cc(c32)N4c2c(C)cc(C)cc2C)Nc2cc(C34CC6CC(CC(C6)C3)C4)cc3c2B5c2ccccc2N3c2ccccc2)c(C)c1. The molecule has 0 spiro atoms. The lowest BCUT2D eigenvalue weighted by Crippen LogP contribution is -2.66. The highest BCUT2D eigenvalue weighted by Crippen LogP contribution is 2.66. The summed E-state index contributed by atoms with van der Waals surface area (Å²) in [5, 5.41) is 4.56. The van der Waals surface area contributed by atoms with Crippen LogP contribution in [-0.2, 0) is 16.2 Å². The van der Waals surface area contributed by atoms with Gasteiger partial charge in [0.2, 0.25) is 0 Å². The fourth-order valence-electron chi connectivity index (χ4n) is 32.1. The van der Waals surface area contributed by atoms with E-state index in [0.717, 1.165) is 53.3 Å². The van der Waals surface area contributed by atoms with E-state index in [1.807, 2.05) is 0 Å². The number of hydrogen-bond donors (Lipinski definition) is 1. The van der Waals surface area contributed by atoms with Crippen molar-refractivity contribution in [1.82, 2.24) is 0 Å². The molecule has 12 bridgehead atoms. The van der Waals surface area contributed by atoms with Gasteiger partial charge in [-0.25, -0.2) is 0 Å². The molecule has 6 aliphatic heterocycles. The van der Waals surface area contributed by atoms with E-state index in [1.54, 1.807) is 16.7 Å². The van der Waals surface area contributed by atoms with Crippen molar-refractivity contribution in [3.63, 3.8) is 0 Å². The van der Waals surface area contributed by atoms with Gasteiger partial charge in [-0.3, -0.25) is 0 Å². The molecule has 30 rings (SSSR count). The van der Waals surface area contributed by atoms with E-state index in [1.165, 1.54) is 311 Å². The highest BCUT2D eigenvalue weighted by molar-refractivity contribution is 7.04. The third-order valence-electron chi connectivity index (χ3n) is 34.6. The molecule has 0 amide bonds.